The highest BCUT2D eigenvalue weighted by Gasteiger charge is 2.18. The number of ether oxygens (including phenoxy) is 1. The number of carbonyl (C=O) groups excluding carboxylic acids is 2. The number of hydrogen-bond donors (Lipinski definition) is 1. The minimum Gasteiger partial charge on any atom is -0.490 e. The molecule has 0 unspecified atom stereocenters. The van der Waals surface area contributed by atoms with Crippen molar-refractivity contribution in [2.45, 2.75) is 50.4 Å². The lowest BCUT2D eigenvalue weighted by Crippen LogP contribution is -2.14. The van der Waals surface area contributed by atoms with Crippen molar-refractivity contribution < 1.29 is 14.3 Å². The number of anilines is 1. The second kappa shape index (κ2) is 11.2. The molecule has 0 bridgehead atoms. The molecule has 34 heavy (non-hydrogen) atoms. The normalized spacial score (nSPS) is 13.6. The Balaban J connectivity index is 1.40. The molecule has 8 heteroatoms. The summed E-state index contributed by atoms with van der Waals surface area (Å²) < 4.78 is 8.00. The molecule has 1 aromatic heterocycles. The lowest BCUT2D eigenvalue weighted by atomic mass is 10.1. The van der Waals surface area contributed by atoms with Crippen LogP contribution in [0.25, 0.3) is 11.4 Å². The number of hydrogen-bond acceptors (Lipinski definition) is 6. The molecule has 1 aliphatic carbocycles. The summed E-state index contributed by atoms with van der Waals surface area (Å²) in [4.78, 5) is 23.8. The number of allylic oxidation sites excluding steroid dienone is 1. The van der Waals surface area contributed by atoms with Crippen LogP contribution in [0.4, 0.5) is 5.69 Å². The van der Waals surface area contributed by atoms with Crippen LogP contribution in [0.15, 0.2) is 66.3 Å². The lowest BCUT2D eigenvalue weighted by molar-refractivity contribution is -0.113. The molecule has 1 aliphatic rings. The van der Waals surface area contributed by atoms with Crippen LogP contribution in [-0.2, 0) is 11.3 Å². The molecule has 176 valence electrons. The van der Waals surface area contributed by atoms with E-state index in [1.165, 1.54) is 31.5 Å². The Labute approximate surface area is 203 Å². The number of thioether (sulfide) groups is 1. The van der Waals surface area contributed by atoms with Crippen LogP contribution in [0.5, 0.6) is 5.75 Å². The van der Waals surface area contributed by atoms with Crippen LogP contribution in [0, 0.1) is 0 Å². The molecule has 1 heterocycles. The van der Waals surface area contributed by atoms with Gasteiger partial charge in [0, 0.05) is 23.4 Å². The fourth-order valence-corrected chi connectivity index (χ4v) is 4.65. The molecule has 1 amide bonds. The molecule has 7 nitrogen and oxygen atoms in total. The Morgan fingerprint density at radius 1 is 1.12 bits per heavy atom. The number of carbonyl (C=O) groups is 2. The van der Waals surface area contributed by atoms with Gasteiger partial charge in [0.1, 0.15) is 5.75 Å². The molecular weight excluding hydrogens is 448 g/mol. The lowest BCUT2D eigenvalue weighted by Gasteiger charge is -2.13. The Morgan fingerprint density at radius 3 is 2.47 bits per heavy atom. The maximum Gasteiger partial charge on any atom is 0.234 e. The largest absolute Gasteiger partial charge is 0.490 e. The number of nitrogens with one attached hydrogen (secondary N) is 1. The highest BCUT2D eigenvalue weighted by molar-refractivity contribution is 7.99. The van der Waals surface area contributed by atoms with E-state index in [9.17, 15) is 9.59 Å². The number of nitrogens with zero attached hydrogens (tertiary/aromatic N) is 3. The predicted molar refractivity (Wildman–Crippen MR) is 134 cm³/mol. The van der Waals surface area contributed by atoms with E-state index in [1.54, 1.807) is 30.3 Å². The molecule has 1 N–H and O–H groups in total. The van der Waals surface area contributed by atoms with Gasteiger partial charge in [-0.15, -0.1) is 16.8 Å². The smallest absolute Gasteiger partial charge is 0.234 e. The summed E-state index contributed by atoms with van der Waals surface area (Å²) in [6, 6.07) is 14.7. The highest BCUT2D eigenvalue weighted by atomic mass is 32.2. The zero-order chi connectivity index (χ0) is 23.9. The number of rotatable bonds is 10. The van der Waals surface area contributed by atoms with Crippen molar-refractivity contribution in [2.75, 3.05) is 11.1 Å². The van der Waals surface area contributed by atoms with E-state index in [1.807, 2.05) is 28.8 Å². The van der Waals surface area contributed by atoms with Gasteiger partial charge in [-0.1, -0.05) is 17.8 Å². The molecule has 2 aromatic carbocycles. The van der Waals surface area contributed by atoms with Crippen molar-refractivity contribution in [3.05, 3.63) is 66.7 Å². The van der Waals surface area contributed by atoms with Gasteiger partial charge in [-0.2, -0.15) is 0 Å². The first-order valence-electron chi connectivity index (χ1n) is 11.4. The Hall–Kier alpha value is -3.39. The second-order valence-corrected chi connectivity index (χ2v) is 9.17. The third-order valence-corrected chi connectivity index (χ3v) is 6.62. The van der Waals surface area contributed by atoms with Crippen LogP contribution in [-0.4, -0.2) is 38.3 Å². The summed E-state index contributed by atoms with van der Waals surface area (Å²) in [5, 5.41) is 12.2. The third-order valence-electron chi connectivity index (χ3n) is 5.65. The van der Waals surface area contributed by atoms with E-state index in [0.29, 0.717) is 29.1 Å². The number of Topliss-reactive ketones (excluding diaryl/α,β-unsaturated/α-hetero) is 1. The van der Waals surface area contributed by atoms with Gasteiger partial charge < -0.3 is 10.1 Å². The van der Waals surface area contributed by atoms with Crippen molar-refractivity contribution in [3.63, 3.8) is 0 Å². The molecule has 0 aliphatic heterocycles. The molecule has 0 spiro atoms. The molecular formula is C26H28N4O3S. The van der Waals surface area contributed by atoms with Crippen LogP contribution in [0.1, 0.15) is 43.0 Å². The zero-order valence-corrected chi connectivity index (χ0v) is 20.0. The van der Waals surface area contributed by atoms with E-state index in [4.69, 9.17) is 4.74 Å². The summed E-state index contributed by atoms with van der Waals surface area (Å²) in [5.74, 6) is 1.59. The van der Waals surface area contributed by atoms with E-state index < -0.39 is 0 Å². The van der Waals surface area contributed by atoms with E-state index in [0.717, 1.165) is 30.0 Å². The quantitative estimate of drug-likeness (QED) is 0.240. The van der Waals surface area contributed by atoms with Crippen LogP contribution in [0.3, 0.4) is 0 Å². The first-order chi connectivity index (χ1) is 16.5. The summed E-state index contributed by atoms with van der Waals surface area (Å²) in [7, 11) is 0. The van der Waals surface area contributed by atoms with E-state index in [2.05, 4.69) is 22.1 Å². The summed E-state index contributed by atoms with van der Waals surface area (Å²) >= 11 is 1.31. The molecule has 1 fully saturated rings. The van der Waals surface area contributed by atoms with Gasteiger partial charge in [-0.05, 0) is 81.1 Å². The number of aromatic nitrogens is 3. The van der Waals surface area contributed by atoms with Crippen molar-refractivity contribution in [1.82, 2.24) is 14.8 Å². The monoisotopic (exact) mass is 476 g/mol. The second-order valence-electron chi connectivity index (χ2n) is 8.22. The molecule has 4 rings (SSSR count). The van der Waals surface area contributed by atoms with Crippen LogP contribution in [0.2, 0.25) is 0 Å². The molecule has 0 saturated heterocycles. The fraction of sp³-hybridized carbons (Fsp3) is 0.308. The van der Waals surface area contributed by atoms with Crippen molar-refractivity contribution in [2.24, 2.45) is 0 Å². The maximum atomic E-state index is 12.4. The molecule has 3 aromatic rings. The first-order valence-corrected chi connectivity index (χ1v) is 12.4. The van der Waals surface area contributed by atoms with Gasteiger partial charge in [-0.3, -0.25) is 14.2 Å². The van der Waals surface area contributed by atoms with Gasteiger partial charge >= 0.3 is 0 Å². The fourth-order valence-electron chi connectivity index (χ4n) is 3.90. The average molecular weight is 477 g/mol. The molecule has 0 atom stereocenters. The molecule has 0 radical (unpaired) electrons. The SMILES string of the molecule is C=CCn1c(SCC(=O)Nc2ccc(C(C)=O)cc2)nnc1-c1ccc(OC2CCCC2)cc1. The summed E-state index contributed by atoms with van der Waals surface area (Å²) in [6.45, 7) is 5.88. The minimum absolute atomic E-state index is 0.0122. The van der Waals surface area contributed by atoms with Crippen molar-refractivity contribution >= 4 is 29.1 Å². The average Bonchev–Trinajstić information content (AvgIpc) is 3.49. The van der Waals surface area contributed by atoms with E-state index >= 15 is 0 Å². The molecule has 1 saturated carbocycles. The van der Waals surface area contributed by atoms with Gasteiger partial charge in [-0.25, -0.2) is 0 Å². The maximum absolute atomic E-state index is 12.4. The Kier molecular flexibility index (Phi) is 7.80. The minimum atomic E-state index is -0.163. The highest BCUT2D eigenvalue weighted by Crippen LogP contribution is 2.28. The summed E-state index contributed by atoms with van der Waals surface area (Å²) in [6.07, 6.45) is 6.80. The standard InChI is InChI=1S/C26H28N4O3S/c1-3-16-30-25(20-10-14-23(15-11-20)33-22-6-4-5-7-22)28-29-26(30)34-17-24(32)27-21-12-8-19(9-13-21)18(2)31/h3,8-15,22H,1,4-7,16-17H2,2H3,(H,27,32). The Bertz CT molecular complexity index is 1150. The van der Waals surface area contributed by atoms with Gasteiger partial charge in [0.15, 0.2) is 16.8 Å². The van der Waals surface area contributed by atoms with Gasteiger partial charge in [0.25, 0.3) is 0 Å². The number of amides is 1. The number of ketones is 1. The Morgan fingerprint density at radius 2 is 1.82 bits per heavy atom. The number of benzene rings is 2. The van der Waals surface area contributed by atoms with Crippen LogP contribution >= 0.6 is 11.8 Å². The topological polar surface area (TPSA) is 86.1 Å². The van der Waals surface area contributed by atoms with Crippen molar-refractivity contribution in [1.29, 1.82) is 0 Å². The van der Waals surface area contributed by atoms with Gasteiger partial charge in [0.05, 0.1) is 11.9 Å². The summed E-state index contributed by atoms with van der Waals surface area (Å²) in [5.41, 5.74) is 2.18. The van der Waals surface area contributed by atoms with Crippen LogP contribution < -0.4 is 10.1 Å². The van der Waals surface area contributed by atoms with E-state index in [-0.39, 0.29) is 17.4 Å². The van der Waals surface area contributed by atoms with Gasteiger partial charge in [0.2, 0.25) is 5.91 Å². The predicted octanol–water partition coefficient (Wildman–Crippen LogP) is 5.39. The zero-order valence-electron chi connectivity index (χ0n) is 19.2. The van der Waals surface area contributed by atoms with Crippen molar-refractivity contribution in [3.8, 4) is 17.1 Å². The first kappa shape index (κ1) is 23.8. The third kappa shape index (κ3) is 5.94.